The monoisotopic (exact) mass is 213 g/mol. The molecule has 0 unspecified atom stereocenters. The van der Waals surface area contributed by atoms with Crippen molar-refractivity contribution in [3.05, 3.63) is 29.6 Å². The lowest BCUT2D eigenvalue weighted by Gasteiger charge is -1.91. The van der Waals surface area contributed by atoms with Gasteiger partial charge in [0.15, 0.2) is 0 Å². The molecule has 0 saturated heterocycles. The molecule has 0 fully saturated rings. The smallest absolute Gasteiger partial charge is 0.0540 e. The number of nitrogens with zero attached hydrogens (tertiary/aromatic N) is 1. The fourth-order valence-corrected chi connectivity index (χ4v) is 1.09. The van der Waals surface area contributed by atoms with Crippen molar-refractivity contribution < 1.29 is 5.11 Å². The minimum atomic E-state index is 0.0937. The van der Waals surface area contributed by atoms with Gasteiger partial charge >= 0.3 is 0 Å². The highest BCUT2D eigenvalue weighted by Crippen LogP contribution is 2.00. The molecule has 0 spiro atoms. The molecule has 0 aromatic carbocycles. The van der Waals surface area contributed by atoms with E-state index < -0.39 is 0 Å². The zero-order valence-electron chi connectivity index (χ0n) is 9.45. The van der Waals surface area contributed by atoms with Crippen LogP contribution >= 0.6 is 0 Å². The highest BCUT2D eigenvalue weighted by Gasteiger charge is 1.90. The molecule has 82 valence electrons. The number of hydrogen-bond acceptors (Lipinski definition) is 2. The Labute approximate surface area is 96.7 Å². The molecular weight excluding hydrogens is 198 g/mol. The molecule has 0 bridgehead atoms. The molecule has 1 aromatic rings. The second kappa shape index (κ2) is 7.51. The van der Waals surface area contributed by atoms with E-state index in [1.54, 1.807) is 12.4 Å². The predicted molar refractivity (Wildman–Crippen MR) is 64.6 cm³/mol. The minimum Gasteiger partial charge on any atom is -0.395 e. The van der Waals surface area contributed by atoms with Crippen LogP contribution in [0.3, 0.4) is 0 Å². The lowest BCUT2D eigenvalue weighted by Crippen LogP contribution is -1.83. The highest BCUT2D eigenvalue weighted by molar-refractivity contribution is 5.40. The third-order valence-corrected chi connectivity index (χ3v) is 1.82. The molecule has 1 heterocycles. The molecule has 0 aliphatic heterocycles. The third-order valence-electron chi connectivity index (χ3n) is 1.82. The number of aliphatic hydroxyl groups is 1. The standard InChI is InChI=1S/C14H15NO/c1-2-3-4-7-13-10-14(12-15-11-13)8-5-6-9-16/h10-12,16H,2-3,6,9H2,1H3. The van der Waals surface area contributed by atoms with Crippen molar-refractivity contribution in [2.75, 3.05) is 6.61 Å². The fraction of sp³-hybridized carbons (Fsp3) is 0.357. The average molecular weight is 213 g/mol. The zero-order valence-corrected chi connectivity index (χ0v) is 9.45. The Hall–Kier alpha value is -1.77. The van der Waals surface area contributed by atoms with Crippen LogP contribution in [0.4, 0.5) is 0 Å². The summed E-state index contributed by atoms with van der Waals surface area (Å²) in [6, 6.07) is 1.92. The van der Waals surface area contributed by atoms with Crippen LogP contribution in [-0.4, -0.2) is 16.7 Å². The Morgan fingerprint density at radius 1 is 1.12 bits per heavy atom. The number of hydrogen-bond donors (Lipinski definition) is 1. The van der Waals surface area contributed by atoms with Crippen molar-refractivity contribution >= 4 is 0 Å². The average Bonchev–Trinajstić information content (AvgIpc) is 2.30. The maximum absolute atomic E-state index is 8.60. The summed E-state index contributed by atoms with van der Waals surface area (Å²) in [5.74, 6) is 11.9. The van der Waals surface area contributed by atoms with Gasteiger partial charge in [0.1, 0.15) is 0 Å². The van der Waals surface area contributed by atoms with Crippen LogP contribution in [-0.2, 0) is 0 Å². The number of rotatable bonds is 2. The molecule has 2 heteroatoms. The topological polar surface area (TPSA) is 33.1 Å². The molecule has 0 radical (unpaired) electrons. The van der Waals surface area contributed by atoms with Gasteiger partial charge in [0.2, 0.25) is 0 Å². The van der Waals surface area contributed by atoms with Crippen LogP contribution in [0.15, 0.2) is 18.5 Å². The number of aromatic nitrogens is 1. The first-order chi connectivity index (χ1) is 7.86. The van der Waals surface area contributed by atoms with Crippen molar-refractivity contribution in [2.24, 2.45) is 0 Å². The quantitative estimate of drug-likeness (QED) is 0.762. The van der Waals surface area contributed by atoms with Gasteiger partial charge in [0.05, 0.1) is 6.61 Å². The molecule has 0 aliphatic rings. The molecule has 0 saturated carbocycles. The van der Waals surface area contributed by atoms with E-state index in [0.717, 1.165) is 24.0 Å². The van der Waals surface area contributed by atoms with E-state index in [0.29, 0.717) is 6.42 Å². The maximum Gasteiger partial charge on any atom is 0.0540 e. The maximum atomic E-state index is 8.60. The lowest BCUT2D eigenvalue weighted by molar-refractivity contribution is 0.305. The number of pyridine rings is 1. The van der Waals surface area contributed by atoms with Crippen molar-refractivity contribution in [2.45, 2.75) is 26.2 Å². The summed E-state index contributed by atoms with van der Waals surface area (Å²) in [7, 11) is 0. The van der Waals surface area contributed by atoms with Crippen molar-refractivity contribution in [1.29, 1.82) is 0 Å². The van der Waals surface area contributed by atoms with Gasteiger partial charge in [-0.2, -0.15) is 0 Å². The van der Waals surface area contributed by atoms with Gasteiger partial charge < -0.3 is 5.11 Å². The normalized spacial score (nSPS) is 8.62. The van der Waals surface area contributed by atoms with Gasteiger partial charge in [0.25, 0.3) is 0 Å². The van der Waals surface area contributed by atoms with Gasteiger partial charge in [-0.1, -0.05) is 30.6 Å². The molecule has 0 aliphatic carbocycles. The Bertz CT molecular complexity index is 404. The molecule has 0 atom stereocenters. The summed E-state index contributed by atoms with van der Waals surface area (Å²) >= 11 is 0. The second-order valence-electron chi connectivity index (χ2n) is 3.29. The first-order valence-corrected chi connectivity index (χ1v) is 5.40. The highest BCUT2D eigenvalue weighted by atomic mass is 16.2. The van der Waals surface area contributed by atoms with E-state index in [1.165, 1.54) is 0 Å². The summed E-state index contributed by atoms with van der Waals surface area (Å²) in [4.78, 5) is 4.07. The summed E-state index contributed by atoms with van der Waals surface area (Å²) in [5, 5.41) is 8.60. The molecule has 2 nitrogen and oxygen atoms in total. The van der Waals surface area contributed by atoms with Crippen LogP contribution in [0.1, 0.15) is 37.3 Å². The van der Waals surface area contributed by atoms with Gasteiger partial charge in [-0.25, -0.2) is 0 Å². The van der Waals surface area contributed by atoms with Crippen LogP contribution in [0.5, 0.6) is 0 Å². The van der Waals surface area contributed by atoms with Crippen LogP contribution in [0, 0.1) is 23.7 Å². The first-order valence-electron chi connectivity index (χ1n) is 5.40. The van der Waals surface area contributed by atoms with Crippen LogP contribution < -0.4 is 0 Å². The van der Waals surface area contributed by atoms with Crippen LogP contribution in [0.25, 0.3) is 0 Å². The minimum absolute atomic E-state index is 0.0937. The second-order valence-corrected chi connectivity index (χ2v) is 3.29. The van der Waals surface area contributed by atoms with Gasteiger partial charge in [-0.3, -0.25) is 4.98 Å². The van der Waals surface area contributed by atoms with E-state index in [9.17, 15) is 0 Å². The largest absolute Gasteiger partial charge is 0.395 e. The van der Waals surface area contributed by atoms with Gasteiger partial charge in [-0.05, 0) is 12.5 Å². The SMILES string of the molecule is CCCC#Cc1cncc(C#CCCO)c1. The van der Waals surface area contributed by atoms with Gasteiger partial charge in [-0.15, -0.1) is 0 Å². The Morgan fingerprint density at radius 3 is 2.31 bits per heavy atom. The van der Waals surface area contributed by atoms with E-state index in [2.05, 4.69) is 35.6 Å². The molecule has 0 amide bonds. The first kappa shape index (κ1) is 12.3. The van der Waals surface area contributed by atoms with Gasteiger partial charge in [0, 0.05) is 36.4 Å². The fourth-order valence-electron chi connectivity index (χ4n) is 1.09. The van der Waals surface area contributed by atoms with E-state index in [4.69, 9.17) is 5.11 Å². The Kier molecular flexibility index (Phi) is 5.78. The number of aliphatic hydroxyl groups excluding tert-OH is 1. The van der Waals surface area contributed by atoms with Crippen molar-refractivity contribution in [3.8, 4) is 23.7 Å². The number of unbranched alkanes of at least 4 members (excludes halogenated alkanes) is 1. The molecule has 16 heavy (non-hydrogen) atoms. The summed E-state index contributed by atoms with van der Waals surface area (Å²) in [6.07, 6.45) is 5.90. The Morgan fingerprint density at radius 2 is 1.75 bits per heavy atom. The lowest BCUT2D eigenvalue weighted by atomic mass is 10.2. The predicted octanol–water partition coefficient (Wildman–Crippen LogP) is 1.97. The summed E-state index contributed by atoms with van der Waals surface area (Å²) in [6.45, 7) is 2.19. The molecule has 1 N–H and O–H groups in total. The zero-order chi connectivity index (χ0) is 11.6. The third kappa shape index (κ3) is 4.64. The Balaban J connectivity index is 2.73. The van der Waals surface area contributed by atoms with Crippen LogP contribution in [0.2, 0.25) is 0 Å². The molecule has 1 aromatic heterocycles. The van der Waals surface area contributed by atoms with E-state index >= 15 is 0 Å². The van der Waals surface area contributed by atoms with Crippen molar-refractivity contribution in [3.63, 3.8) is 0 Å². The summed E-state index contributed by atoms with van der Waals surface area (Å²) in [5.41, 5.74) is 1.74. The summed E-state index contributed by atoms with van der Waals surface area (Å²) < 4.78 is 0. The van der Waals surface area contributed by atoms with Crippen molar-refractivity contribution in [1.82, 2.24) is 4.98 Å². The molecular formula is C14H15NO. The van der Waals surface area contributed by atoms with E-state index in [-0.39, 0.29) is 6.61 Å². The van der Waals surface area contributed by atoms with E-state index in [1.807, 2.05) is 6.07 Å². The molecule has 1 rings (SSSR count).